The molecule has 0 amide bonds. The summed E-state index contributed by atoms with van der Waals surface area (Å²) in [4.78, 5) is 0. The zero-order chi connectivity index (χ0) is 9.97. The Morgan fingerprint density at radius 3 is 2.93 bits per heavy atom. The number of hydrogen-bond acceptors (Lipinski definition) is 5. The van der Waals surface area contributed by atoms with E-state index in [9.17, 15) is 4.39 Å². The first-order valence-corrected chi connectivity index (χ1v) is 4.63. The second kappa shape index (κ2) is 3.59. The van der Waals surface area contributed by atoms with Gasteiger partial charge in [0.1, 0.15) is 17.1 Å². The zero-order valence-electron chi connectivity index (χ0n) is 6.98. The Balaban J connectivity index is 2.22. The smallest absolute Gasteiger partial charge is 0.299 e. The van der Waals surface area contributed by atoms with E-state index >= 15 is 0 Å². The van der Waals surface area contributed by atoms with Gasteiger partial charge in [0.15, 0.2) is 0 Å². The molecule has 0 radical (unpaired) electrons. The second-order valence-corrected chi connectivity index (χ2v) is 3.29. The molecule has 14 heavy (non-hydrogen) atoms. The Morgan fingerprint density at radius 2 is 2.29 bits per heavy atom. The lowest BCUT2D eigenvalue weighted by Crippen LogP contribution is -1.91. The van der Waals surface area contributed by atoms with E-state index in [-0.39, 0.29) is 5.69 Å². The molecule has 2 aromatic rings. The molecule has 0 aliphatic carbocycles. The van der Waals surface area contributed by atoms with E-state index in [1.165, 1.54) is 29.0 Å². The molecular formula is C8H6FN3OS. The van der Waals surface area contributed by atoms with Crippen molar-refractivity contribution >= 4 is 17.0 Å². The van der Waals surface area contributed by atoms with Gasteiger partial charge in [-0.1, -0.05) is 16.4 Å². The number of anilines is 1. The van der Waals surface area contributed by atoms with Crippen LogP contribution < -0.4 is 10.5 Å². The molecule has 2 N–H and O–H groups in total. The van der Waals surface area contributed by atoms with Crippen LogP contribution in [0.2, 0.25) is 0 Å². The van der Waals surface area contributed by atoms with E-state index in [1.54, 1.807) is 6.07 Å². The second-order valence-electron chi connectivity index (χ2n) is 2.49. The summed E-state index contributed by atoms with van der Waals surface area (Å²) >= 11 is 1.23. The SMILES string of the molecule is Nc1ccc(Oc2nncs2)cc1F. The third-order valence-electron chi connectivity index (χ3n) is 1.52. The molecule has 0 fully saturated rings. The first kappa shape index (κ1) is 8.89. The summed E-state index contributed by atoms with van der Waals surface area (Å²) in [6, 6.07) is 4.21. The number of nitrogens with zero attached hydrogens (tertiary/aromatic N) is 2. The quantitative estimate of drug-likeness (QED) is 0.772. The number of hydrogen-bond donors (Lipinski definition) is 1. The van der Waals surface area contributed by atoms with Crippen LogP contribution in [0.1, 0.15) is 0 Å². The molecule has 0 saturated carbocycles. The fraction of sp³-hybridized carbons (Fsp3) is 0. The maximum absolute atomic E-state index is 13.0. The summed E-state index contributed by atoms with van der Waals surface area (Å²) in [6.07, 6.45) is 0. The standard InChI is InChI=1S/C8H6FN3OS/c9-6-3-5(1-2-7(6)10)13-8-12-11-4-14-8/h1-4H,10H2. The molecule has 0 bridgehead atoms. The van der Waals surface area contributed by atoms with Crippen molar-refractivity contribution in [1.82, 2.24) is 10.2 Å². The highest BCUT2D eigenvalue weighted by molar-refractivity contribution is 7.11. The Kier molecular flexibility index (Phi) is 2.28. The number of nitrogen functional groups attached to an aromatic ring is 1. The molecule has 0 aliphatic heterocycles. The average molecular weight is 211 g/mol. The fourth-order valence-corrected chi connectivity index (χ4v) is 1.30. The average Bonchev–Trinajstić information content (AvgIpc) is 2.64. The molecule has 0 spiro atoms. The third-order valence-corrected chi connectivity index (χ3v) is 2.08. The van der Waals surface area contributed by atoms with Gasteiger partial charge in [-0.25, -0.2) is 4.39 Å². The lowest BCUT2D eigenvalue weighted by atomic mass is 10.3. The molecule has 0 saturated heterocycles. The van der Waals surface area contributed by atoms with Crippen LogP contribution >= 0.6 is 11.3 Å². The Labute approximate surface area is 83.2 Å². The normalized spacial score (nSPS) is 10.1. The predicted octanol–water partition coefficient (Wildman–Crippen LogP) is 2.05. The van der Waals surface area contributed by atoms with Crippen molar-refractivity contribution in [3.63, 3.8) is 0 Å². The number of benzene rings is 1. The summed E-state index contributed by atoms with van der Waals surface area (Å²) in [7, 11) is 0. The van der Waals surface area contributed by atoms with Crippen molar-refractivity contribution in [2.24, 2.45) is 0 Å². The van der Waals surface area contributed by atoms with E-state index < -0.39 is 5.82 Å². The van der Waals surface area contributed by atoms with Crippen LogP contribution in [-0.4, -0.2) is 10.2 Å². The predicted molar refractivity (Wildman–Crippen MR) is 50.8 cm³/mol. The third kappa shape index (κ3) is 1.80. The van der Waals surface area contributed by atoms with E-state index in [1.807, 2.05) is 0 Å². The number of nitrogens with two attached hydrogens (primary N) is 1. The highest BCUT2D eigenvalue weighted by Gasteiger charge is 2.03. The lowest BCUT2D eigenvalue weighted by molar-refractivity contribution is 0.468. The van der Waals surface area contributed by atoms with Gasteiger partial charge >= 0.3 is 0 Å². The summed E-state index contributed by atoms with van der Waals surface area (Å²) in [5, 5.41) is 7.61. The Bertz CT molecular complexity index is 432. The number of aromatic nitrogens is 2. The van der Waals surface area contributed by atoms with Crippen LogP contribution in [0.4, 0.5) is 10.1 Å². The minimum Gasteiger partial charge on any atom is -0.430 e. The molecule has 0 aliphatic rings. The maximum Gasteiger partial charge on any atom is 0.299 e. The van der Waals surface area contributed by atoms with E-state index in [0.717, 1.165) is 0 Å². The fourth-order valence-electron chi connectivity index (χ4n) is 0.880. The Morgan fingerprint density at radius 1 is 1.43 bits per heavy atom. The lowest BCUT2D eigenvalue weighted by Gasteiger charge is -2.01. The largest absolute Gasteiger partial charge is 0.430 e. The van der Waals surface area contributed by atoms with Crippen LogP contribution in [-0.2, 0) is 0 Å². The van der Waals surface area contributed by atoms with Crippen LogP contribution in [0, 0.1) is 5.82 Å². The minimum absolute atomic E-state index is 0.0922. The van der Waals surface area contributed by atoms with Gasteiger partial charge in [-0.2, -0.15) is 0 Å². The van der Waals surface area contributed by atoms with Crippen LogP contribution in [0.5, 0.6) is 10.9 Å². The van der Waals surface area contributed by atoms with Gasteiger partial charge in [0.25, 0.3) is 5.19 Å². The van der Waals surface area contributed by atoms with Crippen LogP contribution in [0.3, 0.4) is 0 Å². The highest BCUT2D eigenvalue weighted by atomic mass is 32.1. The van der Waals surface area contributed by atoms with Gasteiger partial charge in [-0.3, -0.25) is 0 Å². The van der Waals surface area contributed by atoms with Gasteiger partial charge in [-0.15, -0.1) is 5.10 Å². The zero-order valence-corrected chi connectivity index (χ0v) is 7.79. The molecule has 1 aromatic carbocycles. The van der Waals surface area contributed by atoms with Gasteiger partial charge in [-0.05, 0) is 12.1 Å². The van der Waals surface area contributed by atoms with Gasteiger partial charge in [0.05, 0.1) is 5.69 Å². The first-order valence-electron chi connectivity index (χ1n) is 3.75. The van der Waals surface area contributed by atoms with E-state index in [4.69, 9.17) is 10.5 Å². The summed E-state index contributed by atoms with van der Waals surface area (Å²) in [5.41, 5.74) is 6.93. The summed E-state index contributed by atoms with van der Waals surface area (Å²) in [5.74, 6) is -0.152. The Hall–Kier alpha value is -1.69. The van der Waals surface area contributed by atoms with Crippen LogP contribution in [0.15, 0.2) is 23.7 Å². The van der Waals surface area contributed by atoms with Gasteiger partial charge in [0.2, 0.25) is 0 Å². The molecule has 1 heterocycles. The highest BCUT2D eigenvalue weighted by Crippen LogP contribution is 2.24. The van der Waals surface area contributed by atoms with Crippen molar-refractivity contribution in [1.29, 1.82) is 0 Å². The van der Waals surface area contributed by atoms with E-state index in [2.05, 4.69) is 10.2 Å². The number of rotatable bonds is 2. The van der Waals surface area contributed by atoms with Crippen molar-refractivity contribution in [3.8, 4) is 10.9 Å². The molecule has 6 heteroatoms. The van der Waals surface area contributed by atoms with Crippen molar-refractivity contribution in [2.45, 2.75) is 0 Å². The molecule has 72 valence electrons. The van der Waals surface area contributed by atoms with E-state index in [0.29, 0.717) is 10.9 Å². The van der Waals surface area contributed by atoms with Crippen molar-refractivity contribution in [2.75, 3.05) is 5.73 Å². The minimum atomic E-state index is -0.507. The summed E-state index contributed by atoms with van der Waals surface area (Å²) in [6.45, 7) is 0. The molecule has 2 rings (SSSR count). The summed E-state index contributed by atoms with van der Waals surface area (Å²) < 4.78 is 18.2. The number of ether oxygens (including phenoxy) is 1. The monoisotopic (exact) mass is 211 g/mol. The van der Waals surface area contributed by atoms with Gasteiger partial charge in [0, 0.05) is 6.07 Å². The first-order chi connectivity index (χ1) is 6.75. The van der Waals surface area contributed by atoms with Gasteiger partial charge < -0.3 is 10.5 Å². The molecule has 0 atom stereocenters. The van der Waals surface area contributed by atoms with Crippen molar-refractivity contribution in [3.05, 3.63) is 29.5 Å². The molecular weight excluding hydrogens is 205 g/mol. The molecule has 0 unspecified atom stereocenters. The number of halogens is 1. The molecule has 4 nitrogen and oxygen atoms in total. The molecule has 1 aromatic heterocycles. The van der Waals surface area contributed by atoms with Crippen molar-refractivity contribution < 1.29 is 9.13 Å². The topological polar surface area (TPSA) is 61.0 Å². The maximum atomic E-state index is 13.0. The van der Waals surface area contributed by atoms with Crippen LogP contribution in [0.25, 0.3) is 0 Å².